The summed E-state index contributed by atoms with van der Waals surface area (Å²) in [6.45, 7) is 7.82. The first-order chi connectivity index (χ1) is 4.54. The van der Waals surface area contributed by atoms with E-state index in [0.29, 0.717) is 0 Å². The molecule has 1 heterocycles. The molecule has 0 aromatic carbocycles. The molecule has 0 aromatic rings. The Morgan fingerprint density at radius 3 is 2.60 bits per heavy atom. The fraction of sp³-hybridized carbons (Fsp3) is 0.750. The standard InChI is InChI=1S/C8H15NO/c1-7-5-4-6-8(2,3)9(7)10/h10H,1,4-6H2,2-3H3. The molecule has 1 aliphatic heterocycles. The second-order valence-electron chi connectivity index (χ2n) is 3.54. The van der Waals surface area contributed by atoms with Gasteiger partial charge in [-0.05, 0) is 33.1 Å². The highest BCUT2D eigenvalue weighted by Crippen LogP contribution is 2.30. The third-order valence-electron chi connectivity index (χ3n) is 2.13. The van der Waals surface area contributed by atoms with Crippen LogP contribution in [0.3, 0.4) is 0 Å². The number of piperidine rings is 1. The summed E-state index contributed by atoms with van der Waals surface area (Å²) < 4.78 is 0. The third-order valence-corrected chi connectivity index (χ3v) is 2.13. The van der Waals surface area contributed by atoms with Crippen LogP contribution in [-0.4, -0.2) is 15.8 Å². The molecule has 2 heteroatoms. The van der Waals surface area contributed by atoms with Gasteiger partial charge in [0.15, 0.2) is 0 Å². The minimum atomic E-state index is -0.102. The van der Waals surface area contributed by atoms with Crippen LogP contribution in [0.2, 0.25) is 0 Å². The number of hydroxylamine groups is 2. The molecule has 0 aromatic heterocycles. The van der Waals surface area contributed by atoms with Gasteiger partial charge in [-0.3, -0.25) is 10.3 Å². The molecule has 0 aliphatic carbocycles. The van der Waals surface area contributed by atoms with Crippen molar-refractivity contribution in [3.63, 3.8) is 0 Å². The summed E-state index contributed by atoms with van der Waals surface area (Å²) in [5.41, 5.74) is 0.742. The summed E-state index contributed by atoms with van der Waals surface area (Å²) in [5.74, 6) is 0. The lowest BCUT2D eigenvalue weighted by Gasteiger charge is -2.40. The highest BCUT2D eigenvalue weighted by atomic mass is 16.5. The van der Waals surface area contributed by atoms with Crippen LogP contribution in [0.25, 0.3) is 0 Å². The first-order valence-electron chi connectivity index (χ1n) is 3.71. The summed E-state index contributed by atoms with van der Waals surface area (Å²) in [5, 5.41) is 10.7. The number of nitrogens with zero attached hydrogens (tertiary/aromatic N) is 1. The smallest absolute Gasteiger partial charge is 0.0611 e. The molecular formula is C8H15NO. The van der Waals surface area contributed by atoms with E-state index >= 15 is 0 Å². The molecule has 0 amide bonds. The first kappa shape index (κ1) is 7.61. The van der Waals surface area contributed by atoms with E-state index in [1.165, 1.54) is 5.06 Å². The van der Waals surface area contributed by atoms with E-state index in [-0.39, 0.29) is 5.54 Å². The fourth-order valence-corrected chi connectivity index (χ4v) is 1.36. The second-order valence-corrected chi connectivity index (χ2v) is 3.54. The van der Waals surface area contributed by atoms with Crippen LogP contribution in [0.5, 0.6) is 0 Å². The van der Waals surface area contributed by atoms with Crippen LogP contribution >= 0.6 is 0 Å². The molecule has 1 rings (SSSR count). The molecule has 10 heavy (non-hydrogen) atoms. The molecule has 1 fully saturated rings. The Morgan fingerprint density at radius 2 is 2.20 bits per heavy atom. The summed E-state index contributed by atoms with van der Waals surface area (Å²) >= 11 is 0. The van der Waals surface area contributed by atoms with Crippen molar-refractivity contribution in [3.8, 4) is 0 Å². The molecule has 1 saturated heterocycles. The first-order valence-corrected chi connectivity index (χ1v) is 3.71. The monoisotopic (exact) mass is 141 g/mol. The van der Waals surface area contributed by atoms with Gasteiger partial charge in [0.05, 0.1) is 5.54 Å². The van der Waals surface area contributed by atoms with E-state index in [0.717, 1.165) is 25.0 Å². The van der Waals surface area contributed by atoms with E-state index in [9.17, 15) is 5.21 Å². The van der Waals surface area contributed by atoms with Crippen molar-refractivity contribution in [2.45, 2.75) is 38.6 Å². The van der Waals surface area contributed by atoms with Gasteiger partial charge < -0.3 is 0 Å². The van der Waals surface area contributed by atoms with Crippen molar-refractivity contribution in [1.29, 1.82) is 0 Å². The summed E-state index contributed by atoms with van der Waals surface area (Å²) in [4.78, 5) is 0. The quantitative estimate of drug-likeness (QED) is 0.558. The topological polar surface area (TPSA) is 23.5 Å². The molecule has 0 atom stereocenters. The molecule has 0 spiro atoms. The van der Waals surface area contributed by atoms with Gasteiger partial charge in [0, 0.05) is 5.70 Å². The Kier molecular flexibility index (Phi) is 1.73. The molecular weight excluding hydrogens is 126 g/mol. The zero-order valence-corrected chi connectivity index (χ0v) is 6.72. The number of rotatable bonds is 0. The summed E-state index contributed by atoms with van der Waals surface area (Å²) in [7, 11) is 0. The van der Waals surface area contributed by atoms with Crippen molar-refractivity contribution in [2.24, 2.45) is 0 Å². The van der Waals surface area contributed by atoms with Crippen LogP contribution in [-0.2, 0) is 0 Å². The normalized spacial score (nSPS) is 25.1. The summed E-state index contributed by atoms with van der Waals surface area (Å²) in [6, 6.07) is 0. The molecule has 0 saturated carbocycles. The van der Waals surface area contributed by atoms with Gasteiger partial charge in [-0.2, -0.15) is 0 Å². The van der Waals surface area contributed by atoms with Crippen LogP contribution in [0.1, 0.15) is 33.1 Å². The molecule has 58 valence electrons. The number of allylic oxidation sites excluding steroid dienone is 1. The second kappa shape index (κ2) is 2.27. The Morgan fingerprint density at radius 1 is 1.60 bits per heavy atom. The lowest BCUT2D eigenvalue weighted by Crippen LogP contribution is -2.43. The highest BCUT2D eigenvalue weighted by molar-refractivity contribution is 5.00. The van der Waals surface area contributed by atoms with Gasteiger partial charge in [-0.25, -0.2) is 0 Å². The van der Waals surface area contributed by atoms with Crippen LogP contribution in [0.15, 0.2) is 12.3 Å². The van der Waals surface area contributed by atoms with Gasteiger partial charge in [0.1, 0.15) is 0 Å². The van der Waals surface area contributed by atoms with Crippen molar-refractivity contribution in [3.05, 3.63) is 12.3 Å². The molecule has 0 radical (unpaired) electrons. The third kappa shape index (κ3) is 1.16. The van der Waals surface area contributed by atoms with Crippen molar-refractivity contribution in [1.82, 2.24) is 5.06 Å². The van der Waals surface area contributed by atoms with Gasteiger partial charge in [0.25, 0.3) is 0 Å². The largest absolute Gasteiger partial charge is 0.288 e. The average Bonchev–Trinajstić information content (AvgIpc) is 1.83. The Bertz CT molecular complexity index is 151. The minimum Gasteiger partial charge on any atom is -0.288 e. The Labute approximate surface area is 62.1 Å². The predicted octanol–water partition coefficient (Wildman–Crippen LogP) is 2.15. The maximum atomic E-state index is 9.44. The lowest BCUT2D eigenvalue weighted by molar-refractivity contribution is -0.146. The van der Waals surface area contributed by atoms with E-state index in [1.54, 1.807) is 0 Å². The van der Waals surface area contributed by atoms with E-state index in [1.807, 2.05) is 13.8 Å². The maximum absolute atomic E-state index is 9.44. The maximum Gasteiger partial charge on any atom is 0.0611 e. The van der Waals surface area contributed by atoms with Crippen LogP contribution < -0.4 is 0 Å². The van der Waals surface area contributed by atoms with E-state index in [2.05, 4.69) is 6.58 Å². The van der Waals surface area contributed by atoms with Gasteiger partial charge in [-0.15, -0.1) is 0 Å². The molecule has 0 unspecified atom stereocenters. The van der Waals surface area contributed by atoms with Gasteiger partial charge in [0.2, 0.25) is 0 Å². The predicted molar refractivity (Wildman–Crippen MR) is 40.7 cm³/mol. The Balaban J connectivity index is 2.69. The fourth-order valence-electron chi connectivity index (χ4n) is 1.36. The lowest BCUT2D eigenvalue weighted by atomic mass is 9.91. The molecule has 1 aliphatic rings. The van der Waals surface area contributed by atoms with Gasteiger partial charge in [-0.1, -0.05) is 6.58 Å². The van der Waals surface area contributed by atoms with Crippen molar-refractivity contribution < 1.29 is 5.21 Å². The van der Waals surface area contributed by atoms with Gasteiger partial charge >= 0.3 is 0 Å². The van der Waals surface area contributed by atoms with Crippen LogP contribution in [0.4, 0.5) is 0 Å². The van der Waals surface area contributed by atoms with E-state index in [4.69, 9.17) is 0 Å². The zero-order valence-electron chi connectivity index (χ0n) is 6.72. The van der Waals surface area contributed by atoms with Crippen molar-refractivity contribution in [2.75, 3.05) is 0 Å². The number of hydrogen-bond donors (Lipinski definition) is 1. The SMILES string of the molecule is C=C1CCCC(C)(C)N1O. The Hall–Kier alpha value is -0.500. The van der Waals surface area contributed by atoms with Crippen LogP contribution in [0, 0.1) is 0 Å². The zero-order chi connectivity index (χ0) is 7.78. The molecule has 2 nitrogen and oxygen atoms in total. The van der Waals surface area contributed by atoms with Crippen molar-refractivity contribution >= 4 is 0 Å². The highest BCUT2D eigenvalue weighted by Gasteiger charge is 2.29. The molecule has 1 N–H and O–H groups in total. The molecule has 0 bridgehead atoms. The summed E-state index contributed by atoms with van der Waals surface area (Å²) in [6.07, 6.45) is 3.12. The minimum absolute atomic E-state index is 0.102. The number of hydrogen-bond acceptors (Lipinski definition) is 2. The van der Waals surface area contributed by atoms with E-state index < -0.39 is 0 Å². The average molecular weight is 141 g/mol.